The van der Waals surface area contributed by atoms with E-state index in [1.807, 2.05) is 0 Å². The largest absolute Gasteiger partial charge is 0.481 e. The number of carboxylic acids is 1. The maximum atomic E-state index is 13.1. The van der Waals surface area contributed by atoms with E-state index in [1.165, 1.54) is 6.92 Å². The van der Waals surface area contributed by atoms with Gasteiger partial charge in [0.15, 0.2) is 0 Å². The van der Waals surface area contributed by atoms with Crippen LogP contribution in [0.5, 0.6) is 0 Å². The van der Waals surface area contributed by atoms with Gasteiger partial charge in [-0.1, -0.05) is 46.0 Å². The van der Waals surface area contributed by atoms with Gasteiger partial charge in [-0.05, 0) is 25.2 Å². The highest BCUT2D eigenvalue weighted by molar-refractivity contribution is 6.01. The Hall–Kier alpha value is -2.33. The fourth-order valence-electron chi connectivity index (χ4n) is 3.94. The first kappa shape index (κ1) is 27.7. The van der Waals surface area contributed by atoms with E-state index in [2.05, 4.69) is 5.32 Å². The molecule has 0 spiro atoms. The lowest BCUT2D eigenvalue weighted by Crippen LogP contribution is -2.58. The van der Waals surface area contributed by atoms with Crippen molar-refractivity contribution in [1.82, 2.24) is 10.2 Å². The van der Waals surface area contributed by atoms with Crippen LogP contribution >= 0.6 is 0 Å². The quantitative estimate of drug-likeness (QED) is 0.310. The average molecular weight is 456 g/mol. The summed E-state index contributed by atoms with van der Waals surface area (Å²) in [6.45, 7) is 4.82. The summed E-state index contributed by atoms with van der Waals surface area (Å²) in [6.07, 6.45) is 2.85. The highest BCUT2D eigenvalue weighted by Gasteiger charge is 2.38. The molecule has 1 saturated carbocycles. The second kappa shape index (κ2) is 13.3. The minimum absolute atomic E-state index is 0.129. The average Bonchev–Trinajstić information content (AvgIpc) is 2.73. The SMILES string of the molecule is CC(C)[C@H](N)C(=O)N[C@@H](C)C(=O)N(C(=O)C(O)CC1CCCCC1)[C@H](CC=O)CC(=O)O. The van der Waals surface area contributed by atoms with E-state index >= 15 is 0 Å². The number of nitrogens with zero attached hydrogens (tertiary/aromatic N) is 1. The Bertz CT molecular complexity index is 676. The number of aldehydes is 1. The molecule has 182 valence electrons. The summed E-state index contributed by atoms with van der Waals surface area (Å²) in [6, 6.07) is -3.36. The molecular formula is C22H37N3O7. The maximum Gasteiger partial charge on any atom is 0.305 e. The van der Waals surface area contributed by atoms with E-state index in [0.717, 1.165) is 32.1 Å². The highest BCUT2D eigenvalue weighted by Crippen LogP contribution is 2.28. The number of rotatable bonds is 12. The zero-order valence-electron chi connectivity index (χ0n) is 19.2. The van der Waals surface area contributed by atoms with Crippen molar-refractivity contribution in [1.29, 1.82) is 0 Å². The fourth-order valence-corrected chi connectivity index (χ4v) is 3.94. The number of aliphatic hydroxyl groups excluding tert-OH is 1. The molecule has 32 heavy (non-hydrogen) atoms. The van der Waals surface area contributed by atoms with Gasteiger partial charge in [0.25, 0.3) is 11.8 Å². The predicted octanol–water partition coefficient (Wildman–Crippen LogP) is 0.593. The number of hydrogen-bond acceptors (Lipinski definition) is 7. The molecule has 0 bridgehead atoms. The molecule has 0 aromatic heterocycles. The molecule has 4 atom stereocenters. The van der Waals surface area contributed by atoms with Gasteiger partial charge >= 0.3 is 5.97 Å². The van der Waals surface area contributed by atoms with Crippen molar-refractivity contribution in [2.75, 3.05) is 0 Å². The molecule has 0 heterocycles. The maximum absolute atomic E-state index is 13.1. The molecule has 0 saturated heterocycles. The number of aliphatic carboxylic acids is 1. The van der Waals surface area contributed by atoms with E-state index < -0.39 is 60.8 Å². The topological polar surface area (TPSA) is 167 Å². The van der Waals surface area contributed by atoms with E-state index in [4.69, 9.17) is 5.73 Å². The van der Waals surface area contributed by atoms with Crippen molar-refractivity contribution in [3.8, 4) is 0 Å². The second-order valence-corrected chi connectivity index (χ2v) is 8.96. The Kier molecular flexibility index (Phi) is 11.5. The summed E-state index contributed by atoms with van der Waals surface area (Å²) in [7, 11) is 0. The number of nitrogens with two attached hydrogens (primary N) is 1. The summed E-state index contributed by atoms with van der Waals surface area (Å²) < 4.78 is 0. The molecule has 0 aromatic carbocycles. The molecular weight excluding hydrogens is 418 g/mol. The van der Waals surface area contributed by atoms with Crippen LogP contribution in [0, 0.1) is 11.8 Å². The fraction of sp³-hybridized carbons (Fsp3) is 0.773. The monoisotopic (exact) mass is 455 g/mol. The number of aliphatic hydroxyl groups is 1. The van der Waals surface area contributed by atoms with Crippen molar-refractivity contribution in [2.24, 2.45) is 17.6 Å². The summed E-state index contributed by atoms with van der Waals surface area (Å²) in [5, 5.41) is 22.2. The molecule has 0 aliphatic heterocycles. The molecule has 10 heteroatoms. The molecule has 1 rings (SSSR count). The number of hydrogen-bond donors (Lipinski definition) is 4. The number of carbonyl (C=O) groups excluding carboxylic acids is 4. The van der Waals surface area contributed by atoms with Crippen LogP contribution in [0.2, 0.25) is 0 Å². The lowest BCUT2D eigenvalue weighted by molar-refractivity contribution is -0.157. The summed E-state index contributed by atoms with van der Waals surface area (Å²) >= 11 is 0. The summed E-state index contributed by atoms with van der Waals surface area (Å²) in [5.41, 5.74) is 5.80. The first-order chi connectivity index (χ1) is 15.0. The Morgan fingerprint density at radius 3 is 2.19 bits per heavy atom. The molecule has 10 nitrogen and oxygen atoms in total. The molecule has 1 unspecified atom stereocenters. The van der Waals surface area contributed by atoms with Crippen LogP contribution in [0.3, 0.4) is 0 Å². The van der Waals surface area contributed by atoms with Gasteiger partial charge in [0.1, 0.15) is 18.4 Å². The zero-order valence-corrected chi connectivity index (χ0v) is 19.2. The van der Waals surface area contributed by atoms with E-state index in [9.17, 15) is 34.2 Å². The van der Waals surface area contributed by atoms with Crippen LogP contribution < -0.4 is 11.1 Å². The molecule has 1 fully saturated rings. The van der Waals surface area contributed by atoms with Gasteiger partial charge in [-0.3, -0.25) is 24.1 Å². The third-order valence-electron chi connectivity index (χ3n) is 5.94. The van der Waals surface area contributed by atoms with Crippen LogP contribution in [0.4, 0.5) is 0 Å². The first-order valence-electron chi connectivity index (χ1n) is 11.3. The standard InChI is InChI=1S/C22H37N3O7/c1-13(2)19(23)20(30)24-14(3)21(31)25(16(9-10-26)12-18(28)29)22(32)17(27)11-15-7-5-4-6-8-15/h10,13-17,19,27H,4-9,11-12,23H2,1-3H3,(H,24,30)(H,28,29)/t14-,16+,17?,19-/m0/s1. The molecule has 3 amide bonds. The van der Waals surface area contributed by atoms with Crippen molar-refractivity contribution in [2.45, 2.75) is 96.4 Å². The van der Waals surface area contributed by atoms with Gasteiger partial charge in [-0.2, -0.15) is 0 Å². The molecule has 5 N–H and O–H groups in total. The zero-order chi connectivity index (χ0) is 24.4. The van der Waals surface area contributed by atoms with Gasteiger partial charge in [0.2, 0.25) is 5.91 Å². The van der Waals surface area contributed by atoms with Gasteiger partial charge < -0.3 is 26.1 Å². The normalized spacial score (nSPS) is 18.3. The van der Waals surface area contributed by atoms with Crippen LogP contribution in [0.1, 0.15) is 72.1 Å². The lowest BCUT2D eigenvalue weighted by atomic mass is 9.85. The van der Waals surface area contributed by atoms with Gasteiger partial charge in [-0.25, -0.2) is 0 Å². The van der Waals surface area contributed by atoms with E-state index in [0.29, 0.717) is 11.2 Å². The van der Waals surface area contributed by atoms with Gasteiger partial charge in [0.05, 0.1) is 18.5 Å². The summed E-state index contributed by atoms with van der Waals surface area (Å²) in [4.78, 5) is 61.6. The number of nitrogens with one attached hydrogen (secondary N) is 1. The molecule has 0 aromatic rings. The van der Waals surface area contributed by atoms with Crippen LogP contribution in [-0.2, 0) is 24.0 Å². The van der Waals surface area contributed by atoms with Gasteiger partial charge in [0, 0.05) is 6.42 Å². The number of imide groups is 1. The third kappa shape index (κ3) is 8.31. The number of amides is 3. The smallest absolute Gasteiger partial charge is 0.305 e. The lowest BCUT2D eigenvalue weighted by Gasteiger charge is -2.33. The molecule has 1 aliphatic rings. The second-order valence-electron chi connectivity index (χ2n) is 8.96. The summed E-state index contributed by atoms with van der Waals surface area (Å²) in [5.74, 6) is -3.81. The Morgan fingerprint density at radius 1 is 1.09 bits per heavy atom. The van der Waals surface area contributed by atoms with Crippen LogP contribution in [0.15, 0.2) is 0 Å². The Morgan fingerprint density at radius 2 is 1.69 bits per heavy atom. The minimum atomic E-state index is -1.51. The number of carboxylic acid groups (broad SMARTS) is 1. The van der Waals surface area contributed by atoms with Crippen LogP contribution in [0.25, 0.3) is 0 Å². The van der Waals surface area contributed by atoms with Gasteiger partial charge in [-0.15, -0.1) is 0 Å². The molecule has 0 radical (unpaired) electrons. The predicted molar refractivity (Wildman–Crippen MR) is 116 cm³/mol. The third-order valence-corrected chi connectivity index (χ3v) is 5.94. The van der Waals surface area contributed by atoms with Crippen LogP contribution in [-0.4, -0.2) is 69.3 Å². The van der Waals surface area contributed by atoms with Crippen molar-refractivity contribution in [3.63, 3.8) is 0 Å². The van der Waals surface area contributed by atoms with Crippen molar-refractivity contribution >= 4 is 30.0 Å². The molecule has 1 aliphatic carbocycles. The first-order valence-corrected chi connectivity index (χ1v) is 11.3. The Balaban J connectivity index is 3.09. The Labute approximate surface area is 188 Å². The minimum Gasteiger partial charge on any atom is -0.481 e. The van der Waals surface area contributed by atoms with E-state index in [1.54, 1.807) is 13.8 Å². The van der Waals surface area contributed by atoms with E-state index in [-0.39, 0.29) is 18.3 Å². The number of carbonyl (C=O) groups is 5. The van der Waals surface area contributed by atoms with Crippen molar-refractivity contribution < 1.29 is 34.2 Å². The highest BCUT2D eigenvalue weighted by atomic mass is 16.4. The van der Waals surface area contributed by atoms with Crippen molar-refractivity contribution in [3.05, 3.63) is 0 Å².